The van der Waals surface area contributed by atoms with Gasteiger partial charge >= 0.3 is 0 Å². The molecule has 0 atom stereocenters. The van der Waals surface area contributed by atoms with Gasteiger partial charge in [0.25, 0.3) is 0 Å². The van der Waals surface area contributed by atoms with Crippen molar-refractivity contribution in [2.24, 2.45) is 5.41 Å². The Balaban J connectivity index is 1.84. The molecule has 0 saturated heterocycles. The van der Waals surface area contributed by atoms with E-state index in [1.807, 2.05) is 20.8 Å². The van der Waals surface area contributed by atoms with E-state index in [0.717, 1.165) is 14.4 Å². The van der Waals surface area contributed by atoms with Crippen LogP contribution in [0.15, 0.2) is 32.9 Å². The molecule has 0 spiro atoms. The molecule has 0 N–H and O–H groups in total. The Bertz CT molecular complexity index is 672. The fraction of sp³-hybridized carbons (Fsp3) is 0.500. The zero-order valence-corrected chi connectivity index (χ0v) is 17.3. The molecule has 1 aromatic carbocycles. The lowest BCUT2D eigenvalue weighted by Crippen LogP contribution is -2.21. The number of rotatable bonds is 7. The Morgan fingerprint density at radius 1 is 1.08 bits per heavy atom. The molecule has 1 aromatic heterocycles. The zero-order chi connectivity index (χ0) is 17.7. The minimum Gasteiger partial charge on any atom is -0.298 e. The zero-order valence-electron chi connectivity index (χ0n) is 14.8. The van der Waals surface area contributed by atoms with E-state index < -0.39 is 0 Å². The molecule has 3 nitrogen and oxygen atoms in total. The number of benzene rings is 1. The van der Waals surface area contributed by atoms with Gasteiger partial charge in [-0.15, -0.1) is 10.2 Å². The number of aromatic nitrogens is 2. The fourth-order valence-corrected chi connectivity index (χ4v) is 4.94. The Morgan fingerprint density at radius 3 is 2.21 bits per heavy atom. The van der Waals surface area contributed by atoms with Gasteiger partial charge in [0.15, 0.2) is 8.68 Å². The third-order valence-electron chi connectivity index (χ3n) is 3.56. The molecule has 0 fully saturated rings. The van der Waals surface area contributed by atoms with Crippen molar-refractivity contribution in [3.8, 4) is 0 Å². The average molecular weight is 381 g/mol. The van der Waals surface area contributed by atoms with Gasteiger partial charge in [0.05, 0.1) is 5.75 Å². The highest BCUT2D eigenvalue weighted by Gasteiger charge is 2.21. The van der Waals surface area contributed by atoms with Crippen molar-refractivity contribution in [3.63, 3.8) is 0 Å². The summed E-state index contributed by atoms with van der Waals surface area (Å²) in [6, 6.07) is 8.75. The first-order valence-corrected chi connectivity index (χ1v) is 10.8. The van der Waals surface area contributed by atoms with E-state index in [0.29, 0.717) is 11.7 Å². The predicted molar refractivity (Wildman–Crippen MR) is 105 cm³/mol. The van der Waals surface area contributed by atoms with Crippen molar-refractivity contribution in [2.75, 3.05) is 5.75 Å². The van der Waals surface area contributed by atoms with E-state index in [2.05, 4.69) is 48.3 Å². The molecule has 1 heterocycles. The van der Waals surface area contributed by atoms with Gasteiger partial charge < -0.3 is 0 Å². The van der Waals surface area contributed by atoms with Crippen LogP contribution in [-0.4, -0.2) is 21.7 Å². The lowest BCUT2D eigenvalue weighted by Gasteiger charge is -2.15. The molecule has 2 aromatic rings. The normalized spacial score (nSPS) is 11.9. The molecule has 0 saturated carbocycles. The van der Waals surface area contributed by atoms with Crippen molar-refractivity contribution in [3.05, 3.63) is 35.4 Å². The van der Waals surface area contributed by atoms with Crippen molar-refractivity contribution in [1.82, 2.24) is 10.2 Å². The molecule has 0 unspecified atom stereocenters. The Labute approximate surface area is 157 Å². The maximum absolute atomic E-state index is 12.0. The van der Waals surface area contributed by atoms with E-state index in [1.54, 1.807) is 23.1 Å². The maximum atomic E-state index is 12.0. The largest absolute Gasteiger partial charge is 0.298 e. The van der Waals surface area contributed by atoms with Crippen LogP contribution in [0.3, 0.4) is 0 Å². The molecule has 0 aliphatic heterocycles. The van der Waals surface area contributed by atoms with E-state index in [9.17, 15) is 4.79 Å². The number of thioether (sulfide) groups is 2. The second-order valence-corrected chi connectivity index (χ2v) is 10.4. The second-order valence-electron chi connectivity index (χ2n) is 6.98. The minimum absolute atomic E-state index is 0.238. The lowest BCUT2D eigenvalue weighted by atomic mass is 9.92. The third-order valence-corrected chi connectivity index (χ3v) is 6.82. The van der Waals surface area contributed by atoms with E-state index in [4.69, 9.17) is 0 Å². The average Bonchev–Trinajstić information content (AvgIpc) is 2.98. The van der Waals surface area contributed by atoms with Crippen LogP contribution < -0.4 is 0 Å². The van der Waals surface area contributed by atoms with Crippen LogP contribution in [0, 0.1) is 5.41 Å². The molecule has 130 valence electrons. The van der Waals surface area contributed by atoms with Crippen LogP contribution in [0.4, 0.5) is 0 Å². The SMILES string of the molecule is CC(C)c1ccc(CSc2nnc(SCC(=O)C(C)(C)C)s2)cc1. The summed E-state index contributed by atoms with van der Waals surface area (Å²) >= 11 is 4.74. The van der Waals surface area contributed by atoms with Crippen LogP contribution >= 0.6 is 34.9 Å². The van der Waals surface area contributed by atoms with Crippen LogP contribution in [-0.2, 0) is 10.5 Å². The summed E-state index contributed by atoms with van der Waals surface area (Å²) in [5, 5.41) is 8.39. The van der Waals surface area contributed by atoms with Crippen molar-refractivity contribution in [2.45, 2.75) is 55.0 Å². The number of hydrogen-bond donors (Lipinski definition) is 0. The topological polar surface area (TPSA) is 42.9 Å². The van der Waals surface area contributed by atoms with Crippen molar-refractivity contribution < 1.29 is 4.79 Å². The van der Waals surface area contributed by atoms with Crippen molar-refractivity contribution in [1.29, 1.82) is 0 Å². The smallest absolute Gasteiger partial charge is 0.175 e. The first-order chi connectivity index (χ1) is 11.3. The Hall–Kier alpha value is -0.850. The minimum atomic E-state index is -0.294. The standard InChI is InChI=1S/C18H24N2OS3/c1-12(2)14-8-6-13(7-9-14)10-22-16-19-20-17(24-16)23-11-15(21)18(3,4)5/h6-9,12H,10-11H2,1-5H3. The van der Waals surface area contributed by atoms with Gasteiger partial charge in [0, 0.05) is 11.2 Å². The van der Waals surface area contributed by atoms with E-state index in [-0.39, 0.29) is 11.2 Å². The van der Waals surface area contributed by atoms with Gasteiger partial charge in [-0.1, -0.05) is 93.7 Å². The first-order valence-electron chi connectivity index (χ1n) is 7.97. The first kappa shape index (κ1) is 19.5. The summed E-state index contributed by atoms with van der Waals surface area (Å²) in [4.78, 5) is 12.0. The third kappa shape index (κ3) is 5.90. The van der Waals surface area contributed by atoms with Crippen LogP contribution in [0.1, 0.15) is 51.7 Å². The molecule has 0 amide bonds. The molecule has 2 rings (SSSR count). The summed E-state index contributed by atoms with van der Waals surface area (Å²) in [5.74, 6) is 2.14. The number of hydrogen-bond acceptors (Lipinski definition) is 6. The van der Waals surface area contributed by atoms with Gasteiger partial charge in [0.2, 0.25) is 0 Å². The van der Waals surface area contributed by atoms with Gasteiger partial charge in [-0.05, 0) is 17.0 Å². The second kappa shape index (κ2) is 8.50. The molecule has 6 heteroatoms. The highest BCUT2D eigenvalue weighted by Crippen LogP contribution is 2.32. The summed E-state index contributed by atoms with van der Waals surface area (Å²) < 4.78 is 1.82. The lowest BCUT2D eigenvalue weighted by molar-refractivity contribution is -0.123. The summed E-state index contributed by atoms with van der Waals surface area (Å²) in [6.45, 7) is 10.2. The molecule has 0 aliphatic rings. The molecular weight excluding hydrogens is 356 g/mol. The number of carbonyl (C=O) groups excluding carboxylic acids is 1. The van der Waals surface area contributed by atoms with Crippen LogP contribution in [0.5, 0.6) is 0 Å². The number of Topliss-reactive ketones (excluding diaryl/α,β-unsaturated/α-hetero) is 1. The molecule has 24 heavy (non-hydrogen) atoms. The molecule has 0 radical (unpaired) electrons. The van der Waals surface area contributed by atoms with E-state index >= 15 is 0 Å². The Kier molecular flexibility index (Phi) is 6.89. The summed E-state index contributed by atoms with van der Waals surface area (Å²) in [6.07, 6.45) is 0. The van der Waals surface area contributed by atoms with Crippen LogP contribution in [0.25, 0.3) is 0 Å². The molecule has 0 bridgehead atoms. The number of carbonyl (C=O) groups is 1. The van der Waals surface area contributed by atoms with Gasteiger partial charge in [-0.3, -0.25) is 4.79 Å². The quantitative estimate of drug-likeness (QED) is 0.580. The number of ketones is 1. The summed E-state index contributed by atoms with van der Waals surface area (Å²) in [5.41, 5.74) is 2.36. The predicted octanol–water partition coefficient (Wildman–Crippen LogP) is 5.66. The van der Waals surface area contributed by atoms with Crippen LogP contribution in [0.2, 0.25) is 0 Å². The van der Waals surface area contributed by atoms with Gasteiger partial charge in [-0.25, -0.2) is 0 Å². The summed E-state index contributed by atoms with van der Waals surface area (Å²) in [7, 11) is 0. The maximum Gasteiger partial charge on any atom is 0.175 e. The van der Waals surface area contributed by atoms with E-state index in [1.165, 1.54) is 22.9 Å². The molecular formula is C18H24N2OS3. The highest BCUT2D eigenvalue weighted by molar-refractivity contribution is 8.03. The molecule has 0 aliphatic carbocycles. The monoisotopic (exact) mass is 380 g/mol. The van der Waals surface area contributed by atoms with Crippen molar-refractivity contribution >= 4 is 40.6 Å². The van der Waals surface area contributed by atoms with Gasteiger partial charge in [-0.2, -0.15) is 0 Å². The van der Waals surface area contributed by atoms with Gasteiger partial charge in [0.1, 0.15) is 5.78 Å². The fourth-order valence-electron chi connectivity index (χ4n) is 1.80. The Morgan fingerprint density at radius 2 is 1.67 bits per heavy atom. The highest BCUT2D eigenvalue weighted by atomic mass is 32.2. The number of nitrogens with zero attached hydrogens (tertiary/aromatic N) is 2.